The predicted molar refractivity (Wildman–Crippen MR) is 148 cm³/mol. The molecule has 2 N–H and O–H groups in total. The first-order valence-corrected chi connectivity index (χ1v) is 12.8. The normalized spacial score (nSPS) is 14.2. The summed E-state index contributed by atoms with van der Waals surface area (Å²) in [5.41, 5.74) is -0.327. The van der Waals surface area contributed by atoms with Crippen molar-refractivity contribution in [3.05, 3.63) is 81.7 Å². The van der Waals surface area contributed by atoms with Gasteiger partial charge < -0.3 is 20.1 Å². The fourth-order valence-corrected chi connectivity index (χ4v) is 4.81. The van der Waals surface area contributed by atoms with Crippen molar-refractivity contribution in [3.63, 3.8) is 0 Å². The Labute approximate surface area is 227 Å². The fraction of sp³-hybridized carbons (Fsp3) is 0.333. The third-order valence-corrected chi connectivity index (χ3v) is 6.72. The van der Waals surface area contributed by atoms with Crippen LogP contribution in [0.1, 0.15) is 25.5 Å². The summed E-state index contributed by atoms with van der Waals surface area (Å²) >= 11 is 0. The third kappa shape index (κ3) is 5.11. The third-order valence-electron chi connectivity index (χ3n) is 6.72. The summed E-state index contributed by atoms with van der Waals surface area (Å²) in [6.45, 7) is 9.76. The molecule has 3 aromatic heterocycles. The van der Waals surface area contributed by atoms with Gasteiger partial charge in [-0.1, -0.05) is 6.08 Å². The average molecular weight is 555 g/mol. The first-order valence-electron chi connectivity index (χ1n) is 12.8. The Balaban J connectivity index is 1.59. The van der Waals surface area contributed by atoms with Gasteiger partial charge in [0.05, 0.1) is 17.8 Å². The van der Waals surface area contributed by atoms with Crippen LogP contribution in [0.15, 0.2) is 65.0 Å². The zero-order valence-corrected chi connectivity index (χ0v) is 22.1. The predicted octanol–water partition coefficient (Wildman–Crippen LogP) is 3.68. The number of fused-ring (bicyclic) bond motifs is 1. The Bertz CT molecular complexity index is 1680. The molecule has 1 fully saturated rings. The lowest BCUT2D eigenvalue weighted by Crippen LogP contribution is -2.44. The zero-order chi connectivity index (χ0) is 28.6. The Hall–Kier alpha value is -4.39. The number of pyridine rings is 1. The Kier molecular flexibility index (Phi) is 7.23. The molecule has 1 saturated heterocycles. The number of hydrogen-bond donors (Lipinski definition) is 2. The maximum atomic E-state index is 14.0. The Morgan fingerprint density at radius 1 is 1.15 bits per heavy atom. The highest BCUT2D eigenvalue weighted by atomic mass is 19.4. The Morgan fingerprint density at radius 2 is 1.90 bits per heavy atom. The van der Waals surface area contributed by atoms with Gasteiger partial charge in [0.2, 0.25) is 5.95 Å². The highest BCUT2D eigenvalue weighted by Gasteiger charge is 2.35. The van der Waals surface area contributed by atoms with Crippen LogP contribution in [-0.2, 0) is 12.7 Å². The molecular formula is C27H29F3N8O2. The van der Waals surface area contributed by atoms with E-state index in [1.54, 1.807) is 34.0 Å². The van der Waals surface area contributed by atoms with Gasteiger partial charge in [0.25, 0.3) is 11.1 Å². The summed E-state index contributed by atoms with van der Waals surface area (Å²) < 4.78 is 46.6. The molecule has 0 atom stereocenters. The molecule has 40 heavy (non-hydrogen) atoms. The van der Waals surface area contributed by atoms with E-state index in [1.807, 2.05) is 13.8 Å². The van der Waals surface area contributed by atoms with Gasteiger partial charge in [-0.15, -0.1) is 6.58 Å². The molecule has 10 nitrogen and oxygen atoms in total. The summed E-state index contributed by atoms with van der Waals surface area (Å²) in [6.07, 6.45) is -0.0441. The number of aromatic nitrogens is 5. The molecule has 0 radical (unpaired) electrons. The molecular weight excluding hydrogens is 525 g/mol. The number of rotatable bonds is 7. The molecule has 1 aliphatic heterocycles. The SMILES string of the molecule is C=CCn1c(=O)c2cnc(Nc3ccc(N4CCNCC4)c(C(F)(F)F)c3)nc2n1-c1ccc(=O)n(C(C)C)c1. The van der Waals surface area contributed by atoms with Gasteiger partial charge in [0.1, 0.15) is 5.39 Å². The lowest BCUT2D eigenvalue weighted by Gasteiger charge is -2.31. The van der Waals surface area contributed by atoms with Gasteiger partial charge >= 0.3 is 6.18 Å². The second-order valence-corrected chi connectivity index (χ2v) is 9.74. The summed E-state index contributed by atoms with van der Waals surface area (Å²) in [4.78, 5) is 36.0. The van der Waals surface area contributed by atoms with Crippen LogP contribution >= 0.6 is 0 Å². The van der Waals surface area contributed by atoms with Crippen molar-refractivity contribution in [3.8, 4) is 5.69 Å². The smallest absolute Gasteiger partial charge is 0.368 e. The minimum atomic E-state index is -4.56. The first kappa shape index (κ1) is 27.2. The fourth-order valence-electron chi connectivity index (χ4n) is 4.81. The van der Waals surface area contributed by atoms with Gasteiger partial charge in [0.15, 0.2) is 5.65 Å². The molecule has 4 heterocycles. The highest BCUT2D eigenvalue weighted by Crippen LogP contribution is 2.39. The summed E-state index contributed by atoms with van der Waals surface area (Å²) in [5, 5.41) is 6.21. The standard InChI is InChI=1S/C27H29F3N8O2/c1-4-11-37-25(40)20-15-32-26(34-24(20)38(37)19-6-8-23(39)36(16-19)17(2)3)33-18-5-7-22(21(14-18)27(28,29)30)35-12-9-31-10-13-35/h4-8,14-17,31H,1,9-13H2,2-3H3,(H,32,33,34). The number of piperazine rings is 1. The number of alkyl halides is 3. The quantitative estimate of drug-likeness (QED) is 0.336. The van der Waals surface area contributed by atoms with Gasteiger partial charge in [-0.3, -0.25) is 9.59 Å². The molecule has 210 valence electrons. The molecule has 0 bridgehead atoms. The van der Waals surface area contributed by atoms with Crippen molar-refractivity contribution in [2.75, 3.05) is 36.4 Å². The largest absolute Gasteiger partial charge is 0.418 e. The molecule has 5 rings (SSSR count). The van der Waals surface area contributed by atoms with E-state index in [-0.39, 0.29) is 52.1 Å². The average Bonchev–Trinajstić information content (AvgIpc) is 3.19. The number of hydrogen-bond acceptors (Lipinski definition) is 7. The summed E-state index contributed by atoms with van der Waals surface area (Å²) in [6, 6.07) is 6.89. The van der Waals surface area contributed by atoms with E-state index < -0.39 is 11.7 Å². The number of halogens is 3. The van der Waals surface area contributed by atoms with Gasteiger partial charge in [-0.05, 0) is 38.1 Å². The summed E-state index contributed by atoms with van der Waals surface area (Å²) in [5.74, 6) is 0.0113. The maximum Gasteiger partial charge on any atom is 0.418 e. The van der Waals surface area contributed by atoms with Crippen LogP contribution in [0.2, 0.25) is 0 Å². The van der Waals surface area contributed by atoms with Crippen molar-refractivity contribution in [2.45, 2.75) is 32.6 Å². The van der Waals surface area contributed by atoms with Crippen LogP contribution in [0.25, 0.3) is 16.7 Å². The van der Waals surface area contributed by atoms with E-state index in [0.717, 1.165) is 6.07 Å². The van der Waals surface area contributed by atoms with E-state index in [9.17, 15) is 22.8 Å². The van der Waals surface area contributed by atoms with Crippen LogP contribution in [-0.4, -0.2) is 50.1 Å². The van der Waals surface area contributed by atoms with Crippen LogP contribution in [0.3, 0.4) is 0 Å². The molecule has 0 aliphatic carbocycles. The minimum absolute atomic E-state index is 0.0113. The first-order chi connectivity index (χ1) is 19.1. The zero-order valence-electron chi connectivity index (χ0n) is 22.1. The molecule has 1 aliphatic rings. The van der Waals surface area contributed by atoms with Crippen molar-refractivity contribution in [2.24, 2.45) is 0 Å². The van der Waals surface area contributed by atoms with Crippen molar-refractivity contribution >= 4 is 28.4 Å². The molecule has 13 heteroatoms. The number of benzene rings is 1. The van der Waals surface area contributed by atoms with Crippen LogP contribution in [0, 0.1) is 0 Å². The molecule has 0 unspecified atom stereocenters. The van der Waals surface area contributed by atoms with Crippen LogP contribution in [0.4, 0.5) is 30.5 Å². The van der Waals surface area contributed by atoms with E-state index in [1.165, 1.54) is 27.6 Å². The van der Waals surface area contributed by atoms with Crippen molar-refractivity contribution in [1.29, 1.82) is 0 Å². The number of anilines is 3. The summed E-state index contributed by atoms with van der Waals surface area (Å²) in [7, 11) is 0. The van der Waals surface area contributed by atoms with E-state index in [0.29, 0.717) is 31.9 Å². The second-order valence-electron chi connectivity index (χ2n) is 9.74. The van der Waals surface area contributed by atoms with E-state index in [2.05, 4.69) is 27.2 Å². The van der Waals surface area contributed by atoms with Crippen LogP contribution < -0.4 is 26.7 Å². The lowest BCUT2D eigenvalue weighted by atomic mass is 10.1. The maximum absolute atomic E-state index is 14.0. The van der Waals surface area contributed by atoms with E-state index >= 15 is 0 Å². The van der Waals surface area contributed by atoms with Crippen molar-refractivity contribution < 1.29 is 13.2 Å². The second kappa shape index (κ2) is 10.6. The minimum Gasteiger partial charge on any atom is -0.368 e. The molecule has 0 spiro atoms. The van der Waals surface area contributed by atoms with Gasteiger partial charge in [-0.2, -0.15) is 18.2 Å². The number of nitrogens with one attached hydrogen (secondary N) is 2. The number of nitrogens with zero attached hydrogens (tertiary/aromatic N) is 6. The molecule has 0 saturated carbocycles. The van der Waals surface area contributed by atoms with Crippen molar-refractivity contribution in [1.82, 2.24) is 29.2 Å². The highest BCUT2D eigenvalue weighted by molar-refractivity contribution is 5.77. The molecule has 4 aromatic rings. The molecule has 1 aromatic carbocycles. The monoisotopic (exact) mass is 554 g/mol. The number of allylic oxidation sites excluding steroid dienone is 1. The van der Waals surface area contributed by atoms with Gasteiger partial charge in [0, 0.05) is 62.1 Å². The Morgan fingerprint density at radius 3 is 2.58 bits per heavy atom. The lowest BCUT2D eigenvalue weighted by molar-refractivity contribution is -0.137. The topological polar surface area (TPSA) is 102 Å². The molecule has 0 amide bonds. The van der Waals surface area contributed by atoms with Crippen LogP contribution in [0.5, 0.6) is 0 Å². The van der Waals surface area contributed by atoms with E-state index in [4.69, 9.17) is 0 Å². The van der Waals surface area contributed by atoms with Gasteiger partial charge in [-0.25, -0.2) is 14.3 Å².